The van der Waals surface area contributed by atoms with Gasteiger partial charge in [-0.15, -0.1) is 0 Å². The smallest absolute Gasteiger partial charge is 0.0943 e. The van der Waals surface area contributed by atoms with E-state index in [0.717, 1.165) is 10.8 Å². The molecule has 125 valence electrons. The number of alkyl halides is 9. The molecule has 0 aliphatic carbocycles. The largest absolute Gasteiger partial charge is 0.226 e. The zero-order valence-electron chi connectivity index (χ0n) is 10.9. The second kappa shape index (κ2) is 6.80. The molecule has 0 unspecified atom stereocenters. The molecule has 0 aliphatic heterocycles. The maximum atomic E-state index is 6.38. The highest BCUT2D eigenvalue weighted by molar-refractivity contribution is 6.80. The Kier molecular flexibility index (Phi) is 6.10. The fourth-order valence-corrected chi connectivity index (χ4v) is 4.05. The van der Waals surface area contributed by atoms with Crippen molar-refractivity contribution >= 4 is 115 Å². The molecular weight excluding hydrogens is 487 g/mol. The minimum atomic E-state index is -2.32. The molecule has 0 heterocycles. The highest BCUT2D eigenvalue weighted by atomic mass is 35.6. The normalized spacial score (nSPS) is 14.3. The monoisotopic (exact) mass is 489 g/mol. The lowest BCUT2D eigenvalue weighted by molar-refractivity contribution is 0.600. The van der Waals surface area contributed by atoms with E-state index in [2.05, 4.69) is 6.07 Å². The predicted octanol–water partition coefficient (Wildman–Crippen LogP) is 7.99. The Labute approximate surface area is 178 Å². The van der Waals surface area contributed by atoms with Crippen molar-refractivity contribution in [1.82, 2.24) is 0 Å². The van der Waals surface area contributed by atoms with E-state index in [-0.39, 0.29) is 0 Å². The Morgan fingerprint density at radius 3 is 1.87 bits per heavy atom. The van der Waals surface area contributed by atoms with Crippen molar-refractivity contribution in [1.29, 1.82) is 0 Å². The second-order valence-corrected chi connectivity index (χ2v) is 11.0. The summed E-state index contributed by atoms with van der Waals surface area (Å²) in [4.78, 5) is 0. The van der Waals surface area contributed by atoms with Gasteiger partial charge in [0, 0.05) is 0 Å². The first kappa shape index (κ1) is 20.6. The van der Waals surface area contributed by atoms with Gasteiger partial charge >= 0.3 is 0 Å². The van der Waals surface area contributed by atoms with E-state index in [4.69, 9.17) is 104 Å². The molecule has 0 fully saturated rings. The van der Waals surface area contributed by atoms with Crippen molar-refractivity contribution in [2.45, 2.75) is 16.8 Å². The summed E-state index contributed by atoms with van der Waals surface area (Å²) in [7, 11) is 0. The van der Waals surface area contributed by atoms with Crippen LogP contribution in [0, 0.1) is 6.07 Å². The summed E-state index contributed by atoms with van der Waals surface area (Å²) in [5.74, 6) is 0. The van der Waals surface area contributed by atoms with Crippen LogP contribution in [0.3, 0.4) is 0 Å². The summed E-state index contributed by atoms with van der Waals surface area (Å²) in [5.41, 5.74) is 0.296. The molecule has 0 N–H and O–H groups in total. The average molecular weight is 493 g/mol. The van der Waals surface area contributed by atoms with Crippen LogP contribution < -0.4 is 0 Å². The van der Waals surface area contributed by atoms with Crippen LogP contribution in [-0.2, 0) is 4.33 Å². The van der Waals surface area contributed by atoms with Crippen molar-refractivity contribution in [3.8, 4) is 0 Å². The summed E-state index contributed by atoms with van der Waals surface area (Å²) < 4.78 is -8.84. The quantitative estimate of drug-likeness (QED) is 0.381. The van der Waals surface area contributed by atoms with E-state index in [1.54, 1.807) is 6.07 Å². The highest BCUT2D eigenvalue weighted by Gasteiger charge is 2.68. The minimum Gasteiger partial charge on any atom is -0.0943 e. The van der Waals surface area contributed by atoms with Gasteiger partial charge in [-0.3, -0.25) is 0 Å². The lowest BCUT2D eigenvalue weighted by Crippen LogP contribution is -2.54. The molecule has 2 rings (SSSR count). The topological polar surface area (TPSA) is 0 Å². The Hall–Kier alpha value is 1.31. The fraction of sp³-hybridized carbons (Fsp3) is 0.286. The van der Waals surface area contributed by atoms with Gasteiger partial charge in [-0.05, 0) is 34.5 Å². The van der Waals surface area contributed by atoms with E-state index in [1.807, 2.05) is 24.3 Å². The molecule has 0 amide bonds. The van der Waals surface area contributed by atoms with Gasteiger partial charge in [0.1, 0.15) is 0 Å². The summed E-state index contributed by atoms with van der Waals surface area (Å²) in [6.45, 7) is 0. The summed E-state index contributed by atoms with van der Waals surface area (Å²) >= 11 is 54.8. The van der Waals surface area contributed by atoms with Crippen molar-refractivity contribution in [3.63, 3.8) is 0 Å². The zero-order valence-corrected chi connectivity index (χ0v) is 17.7. The summed E-state index contributed by atoms with van der Waals surface area (Å²) in [6.07, 6.45) is 0. The summed E-state index contributed by atoms with van der Waals surface area (Å²) in [5, 5.41) is 1.66. The van der Waals surface area contributed by atoms with Gasteiger partial charge in [-0.1, -0.05) is 129 Å². The van der Waals surface area contributed by atoms with E-state index in [1.165, 1.54) is 6.07 Å². The molecule has 9 heteroatoms. The van der Waals surface area contributed by atoms with Crippen LogP contribution in [0.2, 0.25) is 0 Å². The van der Waals surface area contributed by atoms with Crippen LogP contribution in [0.25, 0.3) is 10.8 Å². The van der Waals surface area contributed by atoms with Crippen molar-refractivity contribution in [2.75, 3.05) is 0 Å². The van der Waals surface area contributed by atoms with E-state index >= 15 is 0 Å². The van der Waals surface area contributed by atoms with Gasteiger partial charge in [-0.2, -0.15) is 0 Å². The van der Waals surface area contributed by atoms with Gasteiger partial charge in [0.2, 0.25) is 8.13 Å². The first-order valence-corrected chi connectivity index (χ1v) is 9.33. The standard InChI is InChI=1S/C14H6Cl9/c15-11(16,12(17,18)13(19,20)14(21,22)23)10-6-5-8-3-1-2-4-9(8)7-10/h1-4,6-7H. The first-order valence-electron chi connectivity index (χ1n) is 5.93. The molecule has 0 aromatic heterocycles. The third kappa shape index (κ3) is 3.59. The van der Waals surface area contributed by atoms with E-state index in [0.29, 0.717) is 5.56 Å². The molecule has 0 aliphatic rings. The molecule has 0 bridgehead atoms. The number of benzene rings is 2. The molecule has 2 aromatic carbocycles. The predicted molar refractivity (Wildman–Crippen MR) is 105 cm³/mol. The molecule has 23 heavy (non-hydrogen) atoms. The molecule has 1 radical (unpaired) electrons. The van der Waals surface area contributed by atoms with Gasteiger partial charge in [0.05, 0.1) is 0 Å². The van der Waals surface area contributed by atoms with Gasteiger partial charge < -0.3 is 0 Å². The third-order valence-corrected chi connectivity index (χ3v) is 8.64. The van der Waals surface area contributed by atoms with Gasteiger partial charge in [-0.25, -0.2) is 0 Å². The number of rotatable bonds is 3. The fourth-order valence-electron chi connectivity index (χ4n) is 1.86. The summed E-state index contributed by atoms with van der Waals surface area (Å²) in [6, 6.07) is 13.6. The van der Waals surface area contributed by atoms with E-state index in [9.17, 15) is 0 Å². The van der Waals surface area contributed by atoms with Crippen LogP contribution in [0.4, 0.5) is 0 Å². The zero-order chi connectivity index (χ0) is 17.7. The van der Waals surface area contributed by atoms with E-state index < -0.39 is 16.8 Å². The van der Waals surface area contributed by atoms with Crippen molar-refractivity contribution in [2.24, 2.45) is 0 Å². The maximum Gasteiger partial charge on any atom is 0.226 e. The van der Waals surface area contributed by atoms with Crippen molar-refractivity contribution < 1.29 is 0 Å². The Morgan fingerprint density at radius 1 is 0.739 bits per heavy atom. The number of hydrogen-bond donors (Lipinski definition) is 0. The maximum absolute atomic E-state index is 6.38. The van der Waals surface area contributed by atoms with Crippen LogP contribution in [0.15, 0.2) is 36.4 Å². The molecule has 0 atom stereocenters. The van der Waals surface area contributed by atoms with Crippen LogP contribution in [0.1, 0.15) is 5.56 Å². The SMILES string of the molecule is ClC(Cl)(Cl)C(Cl)(Cl)C(Cl)(Cl)C(Cl)(Cl)c1c[c]c2ccccc2c1. The minimum absolute atomic E-state index is 0.296. The Balaban J connectivity index is 2.58. The Morgan fingerprint density at radius 2 is 1.30 bits per heavy atom. The second-order valence-electron chi connectivity index (χ2n) is 4.70. The Bertz CT molecular complexity index is 716. The van der Waals surface area contributed by atoms with Crippen molar-refractivity contribution in [3.05, 3.63) is 48.0 Å². The molecule has 0 nitrogen and oxygen atoms in total. The van der Waals surface area contributed by atoms with Gasteiger partial charge in [0.25, 0.3) is 0 Å². The third-order valence-electron chi connectivity index (χ3n) is 3.16. The lowest BCUT2D eigenvalue weighted by Gasteiger charge is -2.44. The average Bonchev–Trinajstić information content (AvgIpc) is 2.45. The lowest BCUT2D eigenvalue weighted by atomic mass is 10.0. The van der Waals surface area contributed by atoms with Gasteiger partial charge in [0.15, 0.2) is 8.67 Å². The first-order chi connectivity index (χ1) is 10.3. The molecule has 2 aromatic rings. The van der Waals surface area contributed by atoms with Crippen LogP contribution in [0.5, 0.6) is 0 Å². The molecule has 0 spiro atoms. The molecule has 0 saturated carbocycles. The highest BCUT2D eigenvalue weighted by Crippen LogP contribution is 2.65. The van der Waals surface area contributed by atoms with Crippen LogP contribution >= 0.6 is 104 Å². The number of fused-ring (bicyclic) bond motifs is 1. The molecule has 0 saturated heterocycles. The number of halogens is 9. The number of hydrogen-bond acceptors (Lipinski definition) is 0. The molecular formula is C14H6Cl9. The van der Waals surface area contributed by atoms with Crippen LogP contribution in [-0.4, -0.2) is 12.5 Å².